The van der Waals surface area contributed by atoms with Gasteiger partial charge in [-0.25, -0.2) is 4.79 Å². The van der Waals surface area contributed by atoms with E-state index in [1.807, 2.05) is 18.2 Å². The number of carboxylic acid groups (broad SMARTS) is 1. The van der Waals surface area contributed by atoms with Crippen LogP contribution in [0.5, 0.6) is 0 Å². The van der Waals surface area contributed by atoms with Gasteiger partial charge in [-0.2, -0.15) is 0 Å². The molecule has 5 aliphatic carbocycles. The predicted octanol–water partition coefficient (Wildman–Crippen LogP) is 8.99. The van der Waals surface area contributed by atoms with Gasteiger partial charge in [0.25, 0.3) is 5.91 Å². The van der Waals surface area contributed by atoms with Gasteiger partial charge in [-0.15, -0.1) is 0 Å². The van der Waals surface area contributed by atoms with Gasteiger partial charge in [0, 0.05) is 18.7 Å². The number of hydrogen-bond acceptors (Lipinski definition) is 4. The van der Waals surface area contributed by atoms with E-state index in [9.17, 15) is 24.6 Å². The van der Waals surface area contributed by atoms with E-state index < -0.39 is 5.97 Å². The van der Waals surface area contributed by atoms with Crippen molar-refractivity contribution in [1.82, 2.24) is 10.6 Å². The minimum atomic E-state index is -0.997. The molecule has 4 N–H and O–H groups in total. The van der Waals surface area contributed by atoms with Crippen molar-refractivity contribution in [1.29, 1.82) is 0 Å². The molecule has 7 nitrogen and oxygen atoms in total. The molecule has 10 atom stereocenters. The molecule has 0 aromatic heterocycles. The van der Waals surface area contributed by atoms with Gasteiger partial charge >= 0.3 is 5.97 Å². The van der Waals surface area contributed by atoms with Crippen LogP contribution >= 0.6 is 0 Å². The number of aromatic carboxylic acids is 1. The Morgan fingerprint density at radius 1 is 0.778 bits per heavy atom. The number of fused-ring (bicyclic) bond motifs is 7. The van der Waals surface area contributed by atoms with E-state index in [0.717, 1.165) is 49.7 Å². The summed E-state index contributed by atoms with van der Waals surface area (Å²) in [5.41, 5.74) is 3.81. The number of amides is 2. The number of carbonyl (C=O) groups excluding carboxylic acids is 2. The Balaban J connectivity index is 1.04. The van der Waals surface area contributed by atoms with Crippen molar-refractivity contribution in [2.24, 2.45) is 56.7 Å². The molecular weight excluding hydrogens is 673 g/mol. The van der Waals surface area contributed by atoms with Crippen molar-refractivity contribution in [3.05, 3.63) is 82.9 Å². The maximum atomic E-state index is 14.6. The van der Waals surface area contributed by atoms with Crippen LogP contribution in [-0.4, -0.2) is 40.6 Å². The van der Waals surface area contributed by atoms with Crippen LogP contribution < -0.4 is 10.6 Å². The maximum Gasteiger partial charge on any atom is 0.335 e. The largest absolute Gasteiger partial charge is 0.478 e. The summed E-state index contributed by atoms with van der Waals surface area (Å²) in [4.78, 5) is 39.0. The normalized spacial score (nSPS) is 37.8. The number of hydrogen-bond donors (Lipinski definition) is 4. The average Bonchev–Trinajstić information content (AvgIpc) is 3.54. The van der Waals surface area contributed by atoms with Crippen LogP contribution in [-0.2, 0) is 17.8 Å². The third-order valence-corrected chi connectivity index (χ3v) is 17.0. The molecule has 2 aromatic rings. The Labute approximate surface area is 323 Å². The molecule has 0 saturated heterocycles. The quantitative estimate of drug-likeness (QED) is 0.192. The first-order chi connectivity index (χ1) is 25.5. The van der Waals surface area contributed by atoms with Gasteiger partial charge in [-0.05, 0) is 164 Å². The summed E-state index contributed by atoms with van der Waals surface area (Å²) in [5, 5.41) is 26.7. The van der Waals surface area contributed by atoms with Crippen molar-refractivity contribution >= 4 is 17.8 Å². The lowest BCUT2D eigenvalue weighted by molar-refractivity contribution is -0.246. The molecule has 5 aliphatic rings. The molecule has 7 heteroatoms. The summed E-state index contributed by atoms with van der Waals surface area (Å²) in [6.07, 6.45) is 11.2. The van der Waals surface area contributed by atoms with Gasteiger partial charge in [0.2, 0.25) is 5.91 Å². The fourth-order valence-corrected chi connectivity index (χ4v) is 14.0. The second-order valence-corrected chi connectivity index (χ2v) is 19.6. The number of allylic oxidation sites excluding steroid dienone is 1. The lowest BCUT2D eigenvalue weighted by Gasteiger charge is -2.72. The third kappa shape index (κ3) is 6.06. The summed E-state index contributed by atoms with van der Waals surface area (Å²) in [6.45, 7) is 19.9. The number of carbonyl (C=O) groups is 3. The predicted molar refractivity (Wildman–Crippen MR) is 213 cm³/mol. The molecule has 7 rings (SSSR count). The zero-order valence-corrected chi connectivity index (χ0v) is 33.6. The van der Waals surface area contributed by atoms with E-state index in [-0.39, 0.29) is 57.1 Å². The minimum Gasteiger partial charge on any atom is -0.478 e. The number of aliphatic hydroxyl groups is 1. The van der Waals surface area contributed by atoms with E-state index in [1.54, 1.807) is 24.3 Å². The van der Waals surface area contributed by atoms with Crippen molar-refractivity contribution < 1.29 is 24.6 Å². The summed E-state index contributed by atoms with van der Waals surface area (Å²) in [5.74, 6) is 1.29. The molecule has 2 aromatic carbocycles. The van der Waals surface area contributed by atoms with Gasteiger partial charge in [-0.3, -0.25) is 9.59 Å². The SMILES string of the molecule is C=C(C)[C@@H]1CC[C@]2(C(=O)NCCc3cccc(C(=O)NCc4cccc(C(=O)O)c4)c3)CC[C@]3(C)C(CCC4[C@@]5(C)CC[C@H](O)C(C)(C)C5CC[C@]43C)C12. The number of benzene rings is 2. The highest BCUT2D eigenvalue weighted by atomic mass is 16.4. The van der Waals surface area contributed by atoms with E-state index in [2.05, 4.69) is 58.8 Å². The van der Waals surface area contributed by atoms with Gasteiger partial charge < -0.3 is 20.8 Å². The Hall–Kier alpha value is -3.45. The molecule has 0 radical (unpaired) electrons. The van der Waals surface area contributed by atoms with E-state index in [4.69, 9.17) is 0 Å². The Bertz CT molecular complexity index is 1820. The summed E-state index contributed by atoms with van der Waals surface area (Å²) in [7, 11) is 0. The highest BCUT2D eigenvalue weighted by Crippen LogP contribution is 2.77. The number of aliphatic hydroxyl groups excluding tert-OH is 1. The highest BCUT2D eigenvalue weighted by Gasteiger charge is 2.71. The fourth-order valence-electron chi connectivity index (χ4n) is 14.0. The Morgan fingerprint density at radius 3 is 2.20 bits per heavy atom. The van der Waals surface area contributed by atoms with E-state index in [0.29, 0.717) is 48.1 Å². The lowest BCUT2D eigenvalue weighted by atomic mass is 9.32. The average molecular weight is 737 g/mol. The number of carboxylic acids is 1. The van der Waals surface area contributed by atoms with Crippen molar-refractivity contribution in [2.45, 2.75) is 125 Å². The Kier molecular flexibility index (Phi) is 10.0. The molecule has 54 heavy (non-hydrogen) atoms. The second kappa shape index (κ2) is 13.9. The molecule has 292 valence electrons. The molecule has 5 saturated carbocycles. The van der Waals surface area contributed by atoms with Crippen LogP contribution in [0.4, 0.5) is 0 Å². The van der Waals surface area contributed by atoms with Gasteiger partial charge in [-0.1, -0.05) is 71.0 Å². The lowest BCUT2D eigenvalue weighted by Crippen LogP contribution is -2.67. The zero-order chi connectivity index (χ0) is 38.8. The second-order valence-electron chi connectivity index (χ2n) is 19.6. The first kappa shape index (κ1) is 38.8. The highest BCUT2D eigenvalue weighted by molar-refractivity contribution is 5.94. The summed E-state index contributed by atoms with van der Waals surface area (Å²) < 4.78 is 0. The fraction of sp³-hybridized carbons (Fsp3) is 0.638. The summed E-state index contributed by atoms with van der Waals surface area (Å²) >= 11 is 0. The Morgan fingerprint density at radius 2 is 1.48 bits per heavy atom. The van der Waals surface area contributed by atoms with Gasteiger partial charge in [0.05, 0.1) is 17.1 Å². The molecule has 0 spiro atoms. The monoisotopic (exact) mass is 736 g/mol. The molecular formula is C47H64N2O5. The molecule has 0 heterocycles. The van der Waals surface area contributed by atoms with Gasteiger partial charge in [0.1, 0.15) is 0 Å². The van der Waals surface area contributed by atoms with Crippen molar-refractivity contribution in [3.8, 4) is 0 Å². The first-order valence-electron chi connectivity index (χ1n) is 20.8. The molecule has 4 unspecified atom stereocenters. The zero-order valence-electron chi connectivity index (χ0n) is 33.6. The summed E-state index contributed by atoms with van der Waals surface area (Å²) in [6, 6.07) is 14.1. The standard InChI is InChI=1S/C47H64N2O5/c1-29(2)34-16-22-47(42(54)48-25-19-30-10-8-12-32(26-30)40(51)49-28-31-11-9-13-33(27-31)41(52)53)24-23-45(6)35(39(34)47)14-15-37-44(5)20-18-38(50)43(3,4)36(44)17-21-46(37,45)7/h8-13,26-27,34-39,50H,1,14-25,28H2,2-7H3,(H,48,54)(H,49,51)(H,52,53)/t34-,35?,36?,37?,38-,39?,44-,45+,46+,47-/m0/s1. The van der Waals surface area contributed by atoms with E-state index in [1.165, 1.54) is 37.3 Å². The smallest absolute Gasteiger partial charge is 0.335 e. The van der Waals surface area contributed by atoms with Crippen LogP contribution in [0.3, 0.4) is 0 Å². The van der Waals surface area contributed by atoms with Crippen molar-refractivity contribution in [2.75, 3.05) is 6.54 Å². The van der Waals surface area contributed by atoms with Crippen LogP contribution in [0, 0.1) is 56.7 Å². The number of rotatable bonds is 9. The molecule has 2 amide bonds. The van der Waals surface area contributed by atoms with Gasteiger partial charge in [0.15, 0.2) is 0 Å². The van der Waals surface area contributed by atoms with Crippen LogP contribution in [0.25, 0.3) is 0 Å². The number of nitrogens with one attached hydrogen (secondary N) is 2. The van der Waals surface area contributed by atoms with Crippen LogP contribution in [0.15, 0.2) is 60.7 Å². The van der Waals surface area contributed by atoms with Crippen molar-refractivity contribution in [3.63, 3.8) is 0 Å². The molecule has 0 aliphatic heterocycles. The molecule has 5 fully saturated rings. The first-order valence-corrected chi connectivity index (χ1v) is 20.8. The minimum absolute atomic E-state index is 0.0615. The topological polar surface area (TPSA) is 116 Å². The maximum absolute atomic E-state index is 14.6. The van der Waals surface area contributed by atoms with E-state index >= 15 is 0 Å². The van der Waals surface area contributed by atoms with Crippen LogP contribution in [0.1, 0.15) is 138 Å². The third-order valence-electron chi connectivity index (χ3n) is 17.0. The van der Waals surface area contributed by atoms with Crippen LogP contribution in [0.2, 0.25) is 0 Å². The molecule has 0 bridgehead atoms.